The van der Waals surface area contributed by atoms with Gasteiger partial charge in [-0.25, -0.2) is 4.39 Å². The Morgan fingerprint density at radius 3 is 2.63 bits per heavy atom. The first-order valence-corrected chi connectivity index (χ1v) is 9.04. The van der Waals surface area contributed by atoms with E-state index in [1.54, 1.807) is 24.3 Å². The number of carbonyl (C=O) groups is 1. The van der Waals surface area contributed by atoms with Gasteiger partial charge >= 0.3 is 0 Å². The highest BCUT2D eigenvalue weighted by Gasteiger charge is 2.67. The molecule has 4 nitrogen and oxygen atoms in total. The molecule has 0 saturated carbocycles. The van der Waals surface area contributed by atoms with E-state index in [9.17, 15) is 9.18 Å². The Bertz CT molecular complexity index is 940. The van der Waals surface area contributed by atoms with Gasteiger partial charge in [-0.3, -0.25) is 4.79 Å². The van der Waals surface area contributed by atoms with Crippen molar-refractivity contribution in [1.82, 2.24) is 0 Å². The molecule has 0 saturated heterocycles. The van der Waals surface area contributed by atoms with E-state index in [0.717, 1.165) is 5.57 Å². The average molecular weight is 389 g/mol. The quantitative estimate of drug-likeness (QED) is 0.717. The number of hydrogen-bond acceptors (Lipinski definition) is 4. The Kier molecular flexibility index (Phi) is 4.34. The van der Waals surface area contributed by atoms with Gasteiger partial charge in [-0.15, -0.1) is 0 Å². The van der Waals surface area contributed by atoms with Crippen LogP contribution in [0.5, 0.6) is 5.75 Å². The number of carbonyl (C=O) groups excluding carboxylic acids is 1. The van der Waals surface area contributed by atoms with E-state index < -0.39 is 17.2 Å². The van der Waals surface area contributed by atoms with Crippen LogP contribution in [-0.4, -0.2) is 25.1 Å². The molecule has 0 amide bonds. The highest BCUT2D eigenvalue weighted by Crippen LogP contribution is 2.54. The van der Waals surface area contributed by atoms with Crippen molar-refractivity contribution in [2.75, 3.05) is 13.7 Å². The molecule has 2 atom stereocenters. The van der Waals surface area contributed by atoms with Gasteiger partial charge in [-0.2, -0.15) is 0 Å². The molecule has 1 spiro atoms. The highest BCUT2D eigenvalue weighted by molar-refractivity contribution is 6.30. The second-order valence-electron chi connectivity index (χ2n) is 6.47. The van der Waals surface area contributed by atoms with Gasteiger partial charge in [0.2, 0.25) is 11.4 Å². The monoisotopic (exact) mass is 388 g/mol. The van der Waals surface area contributed by atoms with E-state index in [-0.39, 0.29) is 23.7 Å². The van der Waals surface area contributed by atoms with E-state index >= 15 is 0 Å². The largest absolute Gasteiger partial charge is 0.453 e. The fraction of sp³-hybridized carbons (Fsp3) is 0.286. The summed E-state index contributed by atoms with van der Waals surface area (Å²) in [5.41, 5.74) is 0.0901. The summed E-state index contributed by atoms with van der Waals surface area (Å²) < 4.78 is 32.0. The summed E-state index contributed by atoms with van der Waals surface area (Å²) >= 11 is 6.04. The molecule has 0 fully saturated rings. The van der Waals surface area contributed by atoms with Gasteiger partial charge in [0.25, 0.3) is 5.79 Å². The number of ether oxygens (including phenoxy) is 3. The van der Waals surface area contributed by atoms with Crippen LogP contribution in [0.3, 0.4) is 0 Å². The van der Waals surface area contributed by atoms with Crippen molar-refractivity contribution < 1.29 is 23.4 Å². The Balaban J connectivity index is 2.03. The maximum absolute atomic E-state index is 13.9. The first kappa shape index (κ1) is 18.2. The van der Waals surface area contributed by atoms with Gasteiger partial charge in [-0.1, -0.05) is 36.7 Å². The third kappa shape index (κ3) is 2.39. The van der Waals surface area contributed by atoms with Crippen LogP contribution >= 0.6 is 11.6 Å². The number of benzene rings is 2. The molecule has 0 N–H and O–H groups in total. The maximum Gasteiger partial charge on any atom is 0.278 e. The van der Waals surface area contributed by atoms with Gasteiger partial charge in [0, 0.05) is 23.8 Å². The van der Waals surface area contributed by atoms with Gasteiger partial charge < -0.3 is 14.2 Å². The molecule has 27 heavy (non-hydrogen) atoms. The molecule has 0 unspecified atom stereocenters. The predicted octanol–water partition coefficient (Wildman–Crippen LogP) is 4.66. The lowest BCUT2D eigenvalue weighted by molar-refractivity contribution is -0.261. The highest BCUT2D eigenvalue weighted by atomic mass is 35.5. The Labute approximate surface area is 161 Å². The van der Waals surface area contributed by atoms with Crippen molar-refractivity contribution in [3.63, 3.8) is 0 Å². The minimum Gasteiger partial charge on any atom is -0.453 e. The van der Waals surface area contributed by atoms with Crippen molar-refractivity contribution in [3.8, 4) is 5.75 Å². The lowest BCUT2D eigenvalue weighted by atomic mass is 9.73. The van der Waals surface area contributed by atoms with Gasteiger partial charge in [0.1, 0.15) is 11.6 Å². The zero-order chi connectivity index (χ0) is 19.2. The van der Waals surface area contributed by atoms with E-state index in [1.807, 2.05) is 13.0 Å². The zero-order valence-electron chi connectivity index (χ0n) is 14.9. The normalized spacial score (nSPS) is 26.7. The number of hydrogen-bond donors (Lipinski definition) is 0. The van der Waals surface area contributed by atoms with Crippen molar-refractivity contribution in [2.45, 2.75) is 24.7 Å². The standard InChI is InChI=1S/C21H18ClFO4/c1-3-13-10-11-26-20(13)19(24)17-9-8-16(23)12-18(17)27-21(20,25-2)14-4-6-15(22)7-5-14/h4-10,12H,3,11H2,1-2H3/t20-,21+/m1/s1. The van der Waals surface area contributed by atoms with Crippen LogP contribution in [0, 0.1) is 5.82 Å². The summed E-state index contributed by atoms with van der Waals surface area (Å²) in [6, 6.07) is 10.7. The molecule has 140 valence electrons. The summed E-state index contributed by atoms with van der Waals surface area (Å²) in [5, 5.41) is 0.534. The van der Waals surface area contributed by atoms with Crippen LogP contribution < -0.4 is 4.74 Å². The molecule has 6 heteroatoms. The molecule has 4 rings (SSSR count). The van der Waals surface area contributed by atoms with E-state index in [1.165, 1.54) is 25.3 Å². The molecule has 0 aliphatic carbocycles. The summed E-state index contributed by atoms with van der Waals surface area (Å²) in [6.45, 7) is 2.20. The van der Waals surface area contributed by atoms with E-state index in [2.05, 4.69) is 0 Å². The molecule has 2 heterocycles. The van der Waals surface area contributed by atoms with Gasteiger partial charge in [0.05, 0.1) is 12.2 Å². The van der Waals surface area contributed by atoms with E-state index in [0.29, 0.717) is 17.0 Å². The predicted molar refractivity (Wildman–Crippen MR) is 98.6 cm³/mol. The SMILES string of the molecule is CCC1=CCO[C@@]12C(=O)c1ccc(F)cc1O[C@@]2(OC)c1ccc(Cl)cc1. The molecule has 0 radical (unpaired) electrons. The topological polar surface area (TPSA) is 44.8 Å². The fourth-order valence-electron chi connectivity index (χ4n) is 3.98. The minimum absolute atomic E-state index is 0.119. The Morgan fingerprint density at radius 1 is 1.22 bits per heavy atom. The van der Waals surface area contributed by atoms with Crippen molar-refractivity contribution in [2.24, 2.45) is 0 Å². The second kappa shape index (κ2) is 6.44. The molecule has 0 aromatic heterocycles. The summed E-state index contributed by atoms with van der Waals surface area (Å²) in [6.07, 6.45) is 2.45. The van der Waals surface area contributed by atoms with Crippen molar-refractivity contribution in [3.05, 3.63) is 76.1 Å². The smallest absolute Gasteiger partial charge is 0.278 e. The molecular formula is C21H18ClFO4. The molecule has 2 aromatic rings. The van der Waals surface area contributed by atoms with E-state index in [4.69, 9.17) is 25.8 Å². The number of halogens is 2. The summed E-state index contributed by atoms with van der Waals surface area (Å²) in [5.74, 6) is -2.30. The second-order valence-corrected chi connectivity index (χ2v) is 6.91. The lowest BCUT2D eigenvalue weighted by Gasteiger charge is -2.49. The van der Waals surface area contributed by atoms with Crippen LogP contribution in [0.4, 0.5) is 4.39 Å². The van der Waals surface area contributed by atoms with Crippen molar-refractivity contribution in [1.29, 1.82) is 0 Å². The van der Waals surface area contributed by atoms with Crippen LogP contribution in [0.25, 0.3) is 0 Å². The zero-order valence-corrected chi connectivity index (χ0v) is 15.7. The number of methoxy groups -OCH3 is 1. The average Bonchev–Trinajstić information content (AvgIpc) is 3.10. The summed E-state index contributed by atoms with van der Waals surface area (Å²) in [7, 11) is 1.45. The first-order valence-electron chi connectivity index (χ1n) is 8.66. The van der Waals surface area contributed by atoms with Crippen LogP contribution in [0.2, 0.25) is 5.02 Å². The molecule has 2 aliphatic rings. The summed E-state index contributed by atoms with van der Waals surface area (Å²) in [4.78, 5) is 13.7. The van der Waals surface area contributed by atoms with Crippen LogP contribution in [-0.2, 0) is 15.3 Å². The molecular weight excluding hydrogens is 371 g/mol. The molecule has 2 aliphatic heterocycles. The van der Waals surface area contributed by atoms with Crippen LogP contribution in [0.1, 0.15) is 29.3 Å². The first-order chi connectivity index (χ1) is 13.0. The minimum atomic E-state index is -1.60. The third-order valence-corrected chi connectivity index (χ3v) is 5.45. The Hall–Kier alpha value is -2.21. The Morgan fingerprint density at radius 2 is 1.96 bits per heavy atom. The van der Waals surface area contributed by atoms with Gasteiger partial charge in [-0.05, 0) is 36.3 Å². The third-order valence-electron chi connectivity index (χ3n) is 5.20. The number of fused-ring (bicyclic) bond motifs is 1. The van der Waals surface area contributed by atoms with Crippen LogP contribution in [0.15, 0.2) is 54.1 Å². The number of ketones is 1. The fourth-order valence-corrected chi connectivity index (χ4v) is 4.11. The molecule has 0 bridgehead atoms. The lowest BCUT2D eigenvalue weighted by Crippen LogP contribution is -2.64. The molecule has 2 aromatic carbocycles. The maximum atomic E-state index is 13.9. The number of Topliss-reactive ketones (excluding diaryl/α,β-unsaturated/α-hetero) is 1. The van der Waals surface area contributed by atoms with Gasteiger partial charge in [0.15, 0.2) is 0 Å². The van der Waals surface area contributed by atoms with Crippen molar-refractivity contribution >= 4 is 17.4 Å². The number of rotatable bonds is 3.